The SMILES string of the molecule is Cc1ccccc1C1(CNC(=O)[C@@H](C)N)CCOCC1. The predicted octanol–water partition coefficient (Wildman–Crippen LogP) is 1.51. The van der Waals surface area contributed by atoms with Gasteiger partial charge in [0.05, 0.1) is 6.04 Å². The molecule has 0 bridgehead atoms. The molecule has 2 rings (SSSR count). The van der Waals surface area contributed by atoms with Crippen molar-refractivity contribution >= 4 is 5.91 Å². The minimum absolute atomic E-state index is 0.0336. The van der Waals surface area contributed by atoms with Crippen LogP contribution in [-0.2, 0) is 14.9 Å². The second-order valence-electron chi connectivity index (χ2n) is 5.71. The largest absolute Gasteiger partial charge is 0.381 e. The van der Waals surface area contributed by atoms with Crippen LogP contribution in [0.4, 0.5) is 0 Å². The van der Waals surface area contributed by atoms with Gasteiger partial charge in [-0.05, 0) is 37.8 Å². The van der Waals surface area contributed by atoms with Crippen molar-refractivity contribution < 1.29 is 9.53 Å². The summed E-state index contributed by atoms with van der Waals surface area (Å²) in [5, 5.41) is 3.00. The number of hydrogen-bond donors (Lipinski definition) is 2. The molecule has 4 nitrogen and oxygen atoms in total. The van der Waals surface area contributed by atoms with E-state index in [2.05, 4.69) is 30.4 Å². The first kappa shape index (κ1) is 15.0. The van der Waals surface area contributed by atoms with Gasteiger partial charge in [0.25, 0.3) is 0 Å². The highest BCUT2D eigenvalue weighted by atomic mass is 16.5. The monoisotopic (exact) mass is 276 g/mol. The molecule has 1 aliphatic heterocycles. The van der Waals surface area contributed by atoms with Gasteiger partial charge in [0.2, 0.25) is 5.91 Å². The second kappa shape index (κ2) is 6.37. The zero-order valence-corrected chi connectivity index (χ0v) is 12.3. The molecule has 1 aromatic rings. The average Bonchev–Trinajstić information content (AvgIpc) is 2.46. The van der Waals surface area contributed by atoms with E-state index in [0.717, 1.165) is 26.1 Å². The summed E-state index contributed by atoms with van der Waals surface area (Å²) in [7, 11) is 0. The molecule has 0 spiro atoms. The molecule has 0 radical (unpaired) electrons. The van der Waals surface area contributed by atoms with E-state index in [1.54, 1.807) is 6.92 Å². The van der Waals surface area contributed by atoms with Gasteiger partial charge in [0.15, 0.2) is 0 Å². The Morgan fingerprint density at radius 3 is 2.65 bits per heavy atom. The number of carbonyl (C=O) groups excluding carboxylic acids is 1. The highest BCUT2D eigenvalue weighted by Crippen LogP contribution is 2.36. The number of benzene rings is 1. The summed E-state index contributed by atoms with van der Waals surface area (Å²) in [6, 6.07) is 7.93. The molecule has 1 amide bonds. The topological polar surface area (TPSA) is 64.4 Å². The van der Waals surface area contributed by atoms with Crippen molar-refractivity contribution in [3.63, 3.8) is 0 Å². The summed E-state index contributed by atoms with van der Waals surface area (Å²) in [5.41, 5.74) is 8.17. The number of nitrogens with one attached hydrogen (secondary N) is 1. The van der Waals surface area contributed by atoms with Crippen molar-refractivity contribution in [3.05, 3.63) is 35.4 Å². The molecule has 3 N–H and O–H groups in total. The third kappa shape index (κ3) is 3.19. The van der Waals surface area contributed by atoms with E-state index in [0.29, 0.717) is 6.54 Å². The Labute approximate surface area is 120 Å². The van der Waals surface area contributed by atoms with Gasteiger partial charge in [-0.3, -0.25) is 4.79 Å². The summed E-state index contributed by atoms with van der Waals surface area (Å²) in [6.07, 6.45) is 1.86. The molecule has 4 heteroatoms. The van der Waals surface area contributed by atoms with Crippen LogP contribution in [0.15, 0.2) is 24.3 Å². The van der Waals surface area contributed by atoms with Crippen LogP contribution in [0.5, 0.6) is 0 Å². The van der Waals surface area contributed by atoms with Crippen molar-refractivity contribution in [1.82, 2.24) is 5.32 Å². The number of nitrogens with two attached hydrogens (primary N) is 1. The number of carbonyl (C=O) groups is 1. The molecule has 0 unspecified atom stereocenters. The lowest BCUT2D eigenvalue weighted by atomic mass is 9.72. The van der Waals surface area contributed by atoms with Crippen LogP contribution in [0.2, 0.25) is 0 Å². The highest BCUT2D eigenvalue weighted by molar-refractivity contribution is 5.81. The summed E-state index contributed by atoms with van der Waals surface area (Å²) >= 11 is 0. The van der Waals surface area contributed by atoms with Crippen molar-refractivity contribution in [2.24, 2.45) is 5.73 Å². The van der Waals surface area contributed by atoms with Crippen molar-refractivity contribution in [1.29, 1.82) is 0 Å². The normalized spacial score (nSPS) is 19.4. The molecule has 1 saturated heterocycles. The smallest absolute Gasteiger partial charge is 0.236 e. The van der Waals surface area contributed by atoms with Crippen LogP contribution in [0.1, 0.15) is 30.9 Å². The predicted molar refractivity (Wildman–Crippen MR) is 79.6 cm³/mol. The summed E-state index contributed by atoms with van der Waals surface area (Å²) in [5.74, 6) is -0.0931. The minimum atomic E-state index is -0.469. The van der Waals surface area contributed by atoms with Crippen molar-refractivity contribution in [2.75, 3.05) is 19.8 Å². The minimum Gasteiger partial charge on any atom is -0.381 e. The first-order valence-electron chi connectivity index (χ1n) is 7.22. The maximum absolute atomic E-state index is 11.8. The average molecular weight is 276 g/mol. The van der Waals surface area contributed by atoms with Crippen LogP contribution in [0, 0.1) is 6.92 Å². The number of amides is 1. The first-order chi connectivity index (χ1) is 9.55. The van der Waals surface area contributed by atoms with E-state index < -0.39 is 6.04 Å². The first-order valence-corrected chi connectivity index (χ1v) is 7.22. The Kier molecular flexibility index (Phi) is 4.78. The van der Waals surface area contributed by atoms with E-state index >= 15 is 0 Å². The molecule has 1 aromatic carbocycles. The van der Waals surface area contributed by atoms with Crippen LogP contribution >= 0.6 is 0 Å². The van der Waals surface area contributed by atoms with E-state index in [4.69, 9.17) is 10.5 Å². The van der Waals surface area contributed by atoms with Gasteiger partial charge in [-0.1, -0.05) is 24.3 Å². The maximum Gasteiger partial charge on any atom is 0.236 e. The lowest BCUT2D eigenvalue weighted by molar-refractivity contribution is -0.122. The molecule has 110 valence electrons. The Hall–Kier alpha value is -1.39. The lowest BCUT2D eigenvalue weighted by Gasteiger charge is -2.39. The molecule has 1 atom stereocenters. The van der Waals surface area contributed by atoms with Gasteiger partial charge in [-0.2, -0.15) is 0 Å². The van der Waals surface area contributed by atoms with E-state index in [-0.39, 0.29) is 11.3 Å². The number of rotatable bonds is 4. The fourth-order valence-electron chi connectivity index (χ4n) is 2.89. The highest BCUT2D eigenvalue weighted by Gasteiger charge is 2.35. The van der Waals surface area contributed by atoms with Gasteiger partial charge in [0, 0.05) is 25.2 Å². The van der Waals surface area contributed by atoms with Gasteiger partial charge in [-0.25, -0.2) is 0 Å². The van der Waals surface area contributed by atoms with Gasteiger partial charge < -0.3 is 15.8 Å². The lowest BCUT2D eigenvalue weighted by Crippen LogP contribution is -2.48. The molecule has 1 fully saturated rings. The summed E-state index contributed by atoms with van der Waals surface area (Å²) in [4.78, 5) is 11.8. The van der Waals surface area contributed by atoms with E-state index in [9.17, 15) is 4.79 Å². The second-order valence-corrected chi connectivity index (χ2v) is 5.71. The molecule has 20 heavy (non-hydrogen) atoms. The quantitative estimate of drug-likeness (QED) is 0.876. The van der Waals surface area contributed by atoms with Crippen LogP contribution in [0.25, 0.3) is 0 Å². The zero-order chi connectivity index (χ0) is 14.6. The molecule has 0 aromatic heterocycles. The zero-order valence-electron chi connectivity index (χ0n) is 12.3. The fourth-order valence-corrected chi connectivity index (χ4v) is 2.89. The molecule has 0 aliphatic carbocycles. The standard InChI is InChI=1S/C16H24N2O2/c1-12-5-3-4-6-14(12)16(7-9-20-10-8-16)11-18-15(19)13(2)17/h3-6,13H,7-11,17H2,1-2H3,(H,18,19)/t13-/m1/s1. The van der Waals surface area contributed by atoms with Gasteiger partial charge in [0.1, 0.15) is 0 Å². The summed E-state index contributed by atoms with van der Waals surface area (Å²) in [6.45, 7) is 5.94. The molecular weight excluding hydrogens is 252 g/mol. The number of hydrogen-bond acceptors (Lipinski definition) is 3. The Morgan fingerprint density at radius 2 is 2.05 bits per heavy atom. The third-order valence-electron chi connectivity index (χ3n) is 4.18. The Balaban J connectivity index is 2.22. The Bertz CT molecular complexity index is 465. The van der Waals surface area contributed by atoms with Crippen LogP contribution < -0.4 is 11.1 Å². The van der Waals surface area contributed by atoms with Gasteiger partial charge >= 0.3 is 0 Å². The Morgan fingerprint density at radius 1 is 1.40 bits per heavy atom. The number of ether oxygens (including phenoxy) is 1. The molecule has 0 saturated carbocycles. The van der Waals surface area contributed by atoms with E-state index in [1.165, 1.54) is 11.1 Å². The maximum atomic E-state index is 11.8. The van der Waals surface area contributed by atoms with Crippen molar-refractivity contribution in [3.8, 4) is 0 Å². The third-order valence-corrected chi connectivity index (χ3v) is 4.18. The van der Waals surface area contributed by atoms with Crippen molar-refractivity contribution in [2.45, 2.75) is 38.1 Å². The van der Waals surface area contributed by atoms with E-state index in [1.807, 2.05) is 6.07 Å². The fraction of sp³-hybridized carbons (Fsp3) is 0.562. The van der Waals surface area contributed by atoms with Crippen LogP contribution in [-0.4, -0.2) is 31.7 Å². The van der Waals surface area contributed by atoms with Crippen LogP contribution in [0.3, 0.4) is 0 Å². The summed E-state index contributed by atoms with van der Waals surface area (Å²) < 4.78 is 5.50. The number of aryl methyl sites for hydroxylation is 1. The molecular formula is C16H24N2O2. The molecule has 1 aliphatic rings. The molecule has 1 heterocycles. The van der Waals surface area contributed by atoms with Gasteiger partial charge in [-0.15, -0.1) is 0 Å².